The highest BCUT2D eigenvalue weighted by Crippen LogP contribution is 2.62. The van der Waals surface area contributed by atoms with Crippen LogP contribution in [0.3, 0.4) is 0 Å². The molecule has 0 fully saturated rings. The highest BCUT2D eigenvalue weighted by molar-refractivity contribution is 7.71. The Balaban J connectivity index is 0. The van der Waals surface area contributed by atoms with E-state index < -0.39 is 7.49 Å². The molecule has 3 N–H and O–H groups in total. The Labute approximate surface area is 190 Å². The van der Waals surface area contributed by atoms with Crippen LogP contribution in [0, 0.1) is 0 Å². The van der Waals surface area contributed by atoms with Gasteiger partial charge in [0, 0.05) is 6.92 Å². The van der Waals surface area contributed by atoms with Gasteiger partial charge in [0.1, 0.15) is 0 Å². The summed E-state index contributed by atoms with van der Waals surface area (Å²) in [6.45, 7) is 8.47. The average molecular weight is 447 g/mol. The van der Waals surface area contributed by atoms with Crippen molar-refractivity contribution in [3.63, 3.8) is 0 Å². The van der Waals surface area contributed by atoms with Crippen molar-refractivity contribution in [1.29, 1.82) is 0 Å². The molecular weight excluding hydrogens is 389 g/mol. The highest BCUT2D eigenvalue weighted by Gasteiger charge is 2.40. The molecule has 0 aliphatic rings. The normalized spacial score (nSPS) is 11.3. The molecule has 3 nitrogen and oxygen atoms in total. The fourth-order valence-electron chi connectivity index (χ4n) is 4.29. The van der Waals surface area contributed by atoms with E-state index >= 15 is 0 Å². The first kappa shape index (κ1) is 32.0. The minimum atomic E-state index is -1.57. The van der Waals surface area contributed by atoms with Gasteiger partial charge in [0.05, 0.1) is 18.5 Å². The molecule has 0 saturated carbocycles. The summed E-state index contributed by atoms with van der Waals surface area (Å²) in [6, 6.07) is 0. The Kier molecular flexibility index (Phi) is 25.1. The smallest absolute Gasteiger partial charge is 0.344 e. The summed E-state index contributed by atoms with van der Waals surface area (Å²) >= 11 is 0. The van der Waals surface area contributed by atoms with Crippen molar-refractivity contribution >= 4 is 13.5 Å². The number of unbranched alkanes of at least 4 members (excludes halogenated alkanes) is 15. The first-order valence-electron chi connectivity index (χ1n) is 13.2. The van der Waals surface area contributed by atoms with Crippen molar-refractivity contribution in [2.75, 3.05) is 18.5 Å². The molecule has 0 rings (SSSR count). The highest BCUT2D eigenvalue weighted by atomic mass is 31.2. The zero-order valence-electron chi connectivity index (χ0n) is 21.3. The standard InChI is InChI=1S/C26H54O2P.H3N/c1-5-8-11-14-17-20-23-29(28-26(4)27,24-21-18-15-12-9-6-2)25-22-19-16-13-10-7-3;/h5-25H2,1-4H3;1H3/q+1;. The van der Waals surface area contributed by atoms with Gasteiger partial charge in [0.15, 0.2) is 7.49 Å². The van der Waals surface area contributed by atoms with E-state index in [1.807, 2.05) is 0 Å². The molecule has 0 amide bonds. The van der Waals surface area contributed by atoms with Crippen LogP contribution in [-0.2, 0) is 9.32 Å². The molecule has 0 atom stereocenters. The lowest BCUT2D eigenvalue weighted by molar-refractivity contribution is -0.131. The molecule has 0 aliphatic carbocycles. The van der Waals surface area contributed by atoms with Gasteiger partial charge in [0.25, 0.3) is 0 Å². The molecule has 0 saturated heterocycles. The number of carbonyl (C=O) groups is 1. The molecule has 0 bridgehead atoms. The molecule has 0 aromatic heterocycles. The predicted octanol–water partition coefficient (Wildman–Crippen LogP) is 9.73. The molecule has 0 aliphatic heterocycles. The summed E-state index contributed by atoms with van der Waals surface area (Å²) in [6.07, 6.45) is 27.4. The third-order valence-corrected chi connectivity index (χ3v) is 10.1. The monoisotopic (exact) mass is 446 g/mol. The summed E-state index contributed by atoms with van der Waals surface area (Å²) in [5, 5.41) is 0. The fraction of sp³-hybridized carbons (Fsp3) is 0.962. The van der Waals surface area contributed by atoms with Crippen molar-refractivity contribution in [2.24, 2.45) is 0 Å². The Morgan fingerprint density at radius 2 is 0.800 bits per heavy atom. The van der Waals surface area contributed by atoms with Crippen LogP contribution in [-0.4, -0.2) is 24.5 Å². The van der Waals surface area contributed by atoms with Crippen LogP contribution in [0.25, 0.3) is 0 Å². The molecule has 182 valence electrons. The first-order chi connectivity index (χ1) is 14.1. The molecule has 4 heteroatoms. The Morgan fingerprint density at radius 1 is 0.533 bits per heavy atom. The van der Waals surface area contributed by atoms with Crippen LogP contribution in [0.2, 0.25) is 0 Å². The zero-order valence-corrected chi connectivity index (χ0v) is 22.2. The lowest BCUT2D eigenvalue weighted by atomic mass is 10.1. The average Bonchev–Trinajstić information content (AvgIpc) is 2.69. The quantitative estimate of drug-likeness (QED) is 0.133. The molecular formula is C26H57NO2P+. The van der Waals surface area contributed by atoms with Gasteiger partial charge in [-0.1, -0.05) is 97.8 Å². The van der Waals surface area contributed by atoms with Crippen LogP contribution in [0.4, 0.5) is 0 Å². The Hall–Kier alpha value is -0.140. The van der Waals surface area contributed by atoms with E-state index in [9.17, 15) is 4.79 Å². The summed E-state index contributed by atoms with van der Waals surface area (Å²) in [4.78, 5) is 12.0. The van der Waals surface area contributed by atoms with Crippen molar-refractivity contribution in [3.05, 3.63) is 0 Å². The fourth-order valence-corrected chi connectivity index (χ4v) is 8.18. The minimum Gasteiger partial charge on any atom is -0.344 e. The van der Waals surface area contributed by atoms with Crippen molar-refractivity contribution < 1.29 is 9.32 Å². The second kappa shape index (κ2) is 23.5. The third kappa shape index (κ3) is 19.8. The van der Waals surface area contributed by atoms with E-state index in [2.05, 4.69) is 20.8 Å². The first-order valence-corrected chi connectivity index (χ1v) is 15.4. The Bertz CT molecular complexity index is 322. The second-order valence-corrected chi connectivity index (χ2v) is 12.8. The molecule has 0 spiro atoms. The SMILES string of the molecule is CCCCCCCC[P+](CCCCCCCC)(CCCCCCCC)OC(C)=O.N. The van der Waals surface area contributed by atoms with Gasteiger partial charge in [-0.2, -0.15) is 0 Å². The largest absolute Gasteiger partial charge is 0.346 e. The van der Waals surface area contributed by atoms with Gasteiger partial charge < -0.3 is 10.7 Å². The number of carbonyl (C=O) groups excluding carboxylic acids is 1. The maximum atomic E-state index is 12.0. The summed E-state index contributed by atoms with van der Waals surface area (Å²) in [7, 11) is -1.57. The molecule has 0 aromatic rings. The number of rotatable bonds is 22. The van der Waals surface area contributed by atoms with Gasteiger partial charge in [-0.3, -0.25) is 0 Å². The lowest BCUT2D eigenvalue weighted by Gasteiger charge is -2.25. The zero-order chi connectivity index (χ0) is 21.6. The third-order valence-electron chi connectivity index (χ3n) is 6.08. The second-order valence-electron chi connectivity index (χ2n) is 9.12. The van der Waals surface area contributed by atoms with Crippen molar-refractivity contribution in [1.82, 2.24) is 6.15 Å². The van der Waals surface area contributed by atoms with Gasteiger partial charge in [-0.15, -0.1) is 0 Å². The minimum absolute atomic E-state index is 0. The van der Waals surface area contributed by atoms with Crippen molar-refractivity contribution in [3.8, 4) is 0 Å². The molecule has 30 heavy (non-hydrogen) atoms. The van der Waals surface area contributed by atoms with Crippen LogP contribution >= 0.6 is 7.49 Å². The van der Waals surface area contributed by atoms with Crippen molar-refractivity contribution in [2.45, 2.75) is 143 Å². The van der Waals surface area contributed by atoms with Gasteiger partial charge >= 0.3 is 5.97 Å². The number of hydrogen-bond donors (Lipinski definition) is 1. The van der Waals surface area contributed by atoms with Crippen LogP contribution in [0.5, 0.6) is 0 Å². The molecule has 0 heterocycles. The Morgan fingerprint density at radius 3 is 1.07 bits per heavy atom. The van der Waals surface area contributed by atoms with E-state index in [1.54, 1.807) is 6.92 Å². The summed E-state index contributed by atoms with van der Waals surface area (Å²) < 4.78 is 6.19. The van der Waals surface area contributed by atoms with E-state index in [-0.39, 0.29) is 12.1 Å². The van der Waals surface area contributed by atoms with E-state index in [0.29, 0.717) is 0 Å². The van der Waals surface area contributed by atoms with Gasteiger partial charge in [-0.05, 0) is 38.5 Å². The van der Waals surface area contributed by atoms with Gasteiger partial charge in [0.2, 0.25) is 0 Å². The number of hydrogen-bond acceptors (Lipinski definition) is 3. The summed E-state index contributed by atoms with van der Waals surface area (Å²) in [5.74, 6) is -0.0266. The lowest BCUT2D eigenvalue weighted by Crippen LogP contribution is -2.15. The molecule has 0 aromatic carbocycles. The van der Waals surface area contributed by atoms with Crippen LogP contribution in [0.1, 0.15) is 143 Å². The van der Waals surface area contributed by atoms with Crippen LogP contribution in [0.15, 0.2) is 0 Å². The topological polar surface area (TPSA) is 61.3 Å². The molecule has 0 radical (unpaired) electrons. The summed E-state index contributed by atoms with van der Waals surface area (Å²) in [5.41, 5.74) is 0. The van der Waals surface area contributed by atoms with E-state index in [1.165, 1.54) is 134 Å². The van der Waals surface area contributed by atoms with Gasteiger partial charge in [-0.25, -0.2) is 4.79 Å². The van der Waals surface area contributed by atoms with E-state index in [4.69, 9.17) is 4.52 Å². The maximum absolute atomic E-state index is 12.0. The van der Waals surface area contributed by atoms with E-state index in [0.717, 1.165) is 0 Å². The molecule has 0 unspecified atom stereocenters. The predicted molar refractivity (Wildman–Crippen MR) is 138 cm³/mol. The maximum Gasteiger partial charge on any atom is 0.346 e. The van der Waals surface area contributed by atoms with Crippen LogP contribution < -0.4 is 6.15 Å².